The van der Waals surface area contributed by atoms with Crippen LogP contribution in [0.2, 0.25) is 5.02 Å². The summed E-state index contributed by atoms with van der Waals surface area (Å²) in [6, 6.07) is 16.1. The Kier molecular flexibility index (Phi) is 10.0. The minimum Gasteiger partial charge on any atom is -0.495 e. The van der Waals surface area contributed by atoms with Crippen LogP contribution in [0.25, 0.3) is 0 Å². The minimum absolute atomic E-state index is 0.0355. The van der Waals surface area contributed by atoms with Crippen LogP contribution in [0, 0.1) is 24.0 Å². The third-order valence-electron chi connectivity index (χ3n) is 5.60. The maximum absolute atomic E-state index is 13.7. The van der Waals surface area contributed by atoms with E-state index in [4.69, 9.17) is 16.3 Å². The maximum Gasteiger partial charge on any atom is 0.273 e. The SMILES string of the molecule is COc1ccc(Cl)cc1N(CC(=O)NCCCSc1ccc(C)cc1)S(=O)(=O)c1ccc(C)c([N+](=O)[O-])c1. The molecule has 9 nitrogen and oxygen atoms in total. The van der Waals surface area contributed by atoms with Crippen molar-refractivity contribution in [1.29, 1.82) is 0 Å². The summed E-state index contributed by atoms with van der Waals surface area (Å²) in [6.45, 7) is 3.30. The average molecular weight is 578 g/mol. The molecule has 12 heteroatoms. The van der Waals surface area contributed by atoms with Gasteiger partial charge in [-0.1, -0.05) is 35.4 Å². The Morgan fingerprint density at radius 3 is 2.47 bits per heavy atom. The Morgan fingerprint density at radius 2 is 1.82 bits per heavy atom. The second-order valence-corrected chi connectivity index (χ2v) is 11.9. The van der Waals surface area contributed by atoms with E-state index in [1.807, 2.05) is 31.2 Å². The molecule has 0 aliphatic rings. The minimum atomic E-state index is -4.42. The van der Waals surface area contributed by atoms with Crippen molar-refractivity contribution in [2.24, 2.45) is 0 Å². The Balaban J connectivity index is 1.80. The number of anilines is 1. The van der Waals surface area contributed by atoms with E-state index in [9.17, 15) is 23.3 Å². The van der Waals surface area contributed by atoms with E-state index in [-0.39, 0.29) is 27.0 Å². The lowest BCUT2D eigenvalue weighted by Gasteiger charge is -2.26. The fourth-order valence-corrected chi connectivity index (χ4v) is 6.01. The lowest BCUT2D eigenvalue weighted by atomic mass is 10.2. The van der Waals surface area contributed by atoms with E-state index in [1.165, 1.54) is 49.9 Å². The number of rotatable bonds is 12. The van der Waals surface area contributed by atoms with Gasteiger partial charge in [0.05, 0.1) is 22.6 Å². The predicted molar refractivity (Wildman–Crippen MR) is 150 cm³/mol. The van der Waals surface area contributed by atoms with Crippen LogP contribution in [0.15, 0.2) is 70.5 Å². The molecule has 202 valence electrons. The first-order valence-electron chi connectivity index (χ1n) is 11.6. The second-order valence-electron chi connectivity index (χ2n) is 8.40. The number of methoxy groups -OCH3 is 1. The zero-order valence-corrected chi connectivity index (χ0v) is 23.5. The molecule has 0 fully saturated rings. The number of ether oxygens (including phenoxy) is 1. The van der Waals surface area contributed by atoms with Gasteiger partial charge in [0.2, 0.25) is 5.91 Å². The van der Waals surface area contributed by atoms with Gasteiger partial charge >= 0.3 is 0 Å². The van der Waals surface area contributed by atoms with Crippen molar-refractivity contribution < 1.29 is 22.9 Å². The van der Waals surface area contributed by atoms with Gasteiger partial charge in [0, 0.05) is 28.1 Å². The number of amides is 1. The third-order valence-corrected chi connectivity index (χ3v) is 8.68. The Morgan fingerprint density at radius 1 is 1.11 bits per heavy atom. The molecule has 3 aromatic carbocycles. The lowest BCUT2D eigenvalue weighted by Crippen LogP contribution is -2.41. The molecule has 1 amide bonds. The number of nitrogens with one attached hydrogen (secondary N) is 1. The number of nitro benzene ring substituents is 1. The molecule has 3 rings (SSSR count). The van der Waals surface area contributed by atoms with E-state index in [2.05, 4.69) is 5.32 Å². The predicted octanol–water partition coefficient (Wildman–Crippen LogP) is 5.37. The fourth-order valence-electron chi connectivity index (χ4n) is 3.54. The summed E-state index contributed by atoms with van der Waals surface area (Å²) in [7, 11) is -3.06. The first-order chi connectivity index (χ1) is 18.0. The summed E-state index contributed by atoms with van der Waals surface area (Å²) in [4.78, 5) is 24.5. The number of halogens is 1. The Hall–Kier alpha value is -3.28. The van der Waals surface area contributed by atoms with Crippen LogP contribution in [-0.2, 0) is 14.8 Å². The number of sulfonamides is 1. The number of benzene rings is 3. The number of carbonyl (C=O) groups is 1. The van der Waals surface area contributed by atoms with E-state index >= 15 is 0 Å². The number of carbonyl (C=O) groups excluding carboxylic acids is 1. The fraction of sp³-hybridized carbons (Fsp3) is 0.269. The Bertz CT molecular complexity index is 1410. The zero-order valence-electron chi connectivity index (χ0n) is 21.1. The second kappa shape index (κ2) is 13.0. The molecule has 0 saturated heterocycles. The standard InChI is InChI=1S/C26H28ClN3O6S2/c1-18-5-9-21(10-6-18)37-14-4-13-28-26(31)17-29(24-15-20(27)8-12-25(24)36-3)38(34,35)22-11-7-19(2)23(16-22)30(32)33/h5-12,15-16H,4,13-14,17H2,1-3H3,(H,28,31). The van der Waals surface area contributed by atoms with E-state index < -0.39 is 27.4 Å². The highest BCUT2D eigenvalue weighted by Crippen LogP contribution is 2.35. The van der Waals surface area contributed by atoms with Crippen LogP contribution in [0.1, 0.15) is 17.5 Å². The van der Waals surface area contributed by atoms with Gasteiger partial charge in [0.25, 0.3) is 15.7 Å². The molecule has 0 unspecified atom stereocenters. The highest BCUT2D eigenvalue weighted by molar-refractivity contribution is 7.99. The van der Waals surface area contributed by atoms with Crippen molar-refractivity contribution in [2.45, 2.75) is 30.1 Å². The van der Waals surface area contributed by atoms with Crippen LogP contribution in [-0.4, -0.2) is 45.2 Å². The average Bonchev–Trinajstić information content (AvgIpc) is 2.88. The first-order valence-corrected chi connectivity index (χ1v) is 14.4. The number of hydrogen-bond donors (Lipinski definition) is 1. The molecular weight excluding hydrogens is 550 g/mol. The first kappa shape index (κ1) is 29.3. The van der Waals surface area contributed by atoms with Gasteiger partial charge < -0.3 is 10.1 Å². The van der Waals surface area contributed by atoms with Crippen LogP contribution >= 0.6 is 23.4 Å². The summed E-state index contributed by atoms with van der Waals surface area (Å²) >= 11 is 7.81. The number of hydrogen-bond acceptors (Lipinski definition) is 7. The summed E-state index contributed by atoms with van der Waals surface area (Å²) in [5, 5.41) is 14.4. The zero-order chi connectivity index (χ0) is 27.9. The molecule has 0 aliphatic carbocycles. The molecule has 0 atom stereocenters. The van der Waals surface area contributed by atoms with Gasteiger partial charge in [-0.3, -0.25) is 19.2 Å². The van der Waals surface area contributed by atoms with Crippen molar-refractivity contribution in [3.8, 4) is 5.75 Å². The van der Waals surface area contributed by atoms with E-state index in [0.717, 1.165) is 21.0 Å². The molecule has 38 heavy (non-hydrogen) atoms. The van der Waals surface area contributed by atoms with E-state index in [0.29, 0.717) is 18.5 Å². The monoisotopic (exact) mass is 577 g/mol. The maximum atomic E-state index is 13.7. The summed E-state index contributed by atoms with van der Waals surface area (Å²) in [5.41, 5.74) is 1.17. The van der Waals surface area contributed by atoms with Crippen molar-refractivity contribution in [2.75, 3.05) is 30.3 Å². The molecule has 0 saturated carbocycles. The molecular formula is C26H28ClN3O6S2. The van der Waals surface area contributed by atoms with Crippen LogP contribution in [0.5, 0.6) is 5.75 Å². The third kappa shape index (κ3) is 7.40. The summed E-state index contributed by atoms with van der Waals surface area (Å²) in [5.74, 6) is 0.389. The number of nitrogens with zero attached hydrogens (tertiary/aromatic N) is 2. The van der Waals surface area contributed by atoms with Crippen LogP contribution < -0.4 is 14.4 Å². The largest absolute Gasteiger partial charge is 0.495 e. The number of thioether (sulfide) groups is 1. The highest BCUT2D eigenvalue weighted by atomic mass is 35.5. The lowest BCUT2D eigenvalue weighted by molar-refractivity contribution is -0.385. The smallest absolute Gasteiger partial charge is 0.273 e. The quantitative estimate of drug-likeness (QED) is 0.133. The molecule has 0 radical (unpaired) electrons. The van der Waals surface area contributed by atoms with Crippen LogP contribution in [0.3, 0.4) is 0 Å². The van der Waals surface area contributed by atoms with Gasteiger partial charge in [-0.25, -0.2) is 8.42 Å². The molecule has 0 bridgehead atoms. The normalized spacial score (nSPS) is 11.2. The van der Waals surface area contributed by atoms with Crippen molar-refractivity contribution in [1.82, 2.24) is 5.32 Å². The molecule has 0 spiro atoms. The molecule has 0 heterocycles. The van der Waals surface area contributed by atoms with Gasteiger partial charge in [0.15, 0.2) is 0 Å². The van der Waals surface area contributed by atoms with Gasteiger partial charge in [-0.05, 0) is 62.4 Å². The van der Waals surface area contributed by atoms with E-state index in [1.54, 1.807) is 11.8 Å². The molecule has 0 aromatic heterocycles. The highest BCUT2D eigenvalue weighted by Gasteiger charge is 2.31. The molecule has 0 aliphatic heterocycles. The van der Waals surface area contributed by atoms with Crippen molar-refractivity contribution in [3.63, 3.8) is 0 Å². The molecule has 1 N–H and O–H groups in total. The molecule has 3 aromatic rings. The van der Waals surface area contributed by atoms with Crippen LogP contribution in [0.4, 0.5) is 11.4 Å². The summed E-state index contributed by atoms with van der Waals surface area (Å²) in [6.07, 6.45) is 0.668. The topological polar surface area (TPSA) is 119 Å². The van der Waals surface area contributed by atoms with Gasteiger partial charge in [-0.15, -0.1) is 11.8 Å². The van der Waals surface area contributed by atoms with Gasteiger partial charge in [0.1, 0.15) is 12.3 Å². The number of aryl methyl sites for hydroxylation is 2. The van der Waals surface area contributed by atoms with Gasteiger partial charge in [-0.2, -0.15) is 0 Å². The Labute approximate surface area is 231 Å². The summed E-state index contributed by atoms with van der Waals surface area (Å²) < 4.78 is 33.6. The van der Waals surface area contributed by atoms with Crippen molar-refractivity contribution >= 4 is 50.7 Å². The van der Waals surface area contributed by atoms with Crippen molar-refractivity contribution in [3.05, 3.63) is 86.9 Å². The number of nitro groups is 1.